The lowest BCUT2D eigenvalue weighted by Gasteiger charge is -2.14. The van der Waals surface area contributed by atoms with Gasteiger partial charge in [-0.1, -0.05) is 13.0 Å². The van der Waals surface area contributed by atoms with Gasteiger partial charge in [0.2, 0.25) is 5.91 Å². The molecule has 0 aliphatic rings. The molecule has 1 atom stereocenters. The van der Waals surface area contributed by atoms with Crippen LogP contribution in [0, 0.1) is 5.82 Å². The van der Waals surface area contributed by atoms with Crippen molar-refractivity contribution >= 4 is 21.8 Å². The third-order valence-electron chi connectivity index (χ3n) is 1.97. The number of likely N-dealkylation sites (N-methyl/N-ethyl adjacent to an activating group) is 1. The van der Waals surface area contributed by atoms with Crippen LogP contribution >= 0.6 is 15.9 Å². The van der Waals surface area contributed by atoms with Gasteiger partial charge in [0.25, 0.3) is 0 Å². The van der Waals surface area contributed by atoms with Crippen molar-refractivity contribution in [2.75, 3.05) is 6.54 Å². The molecule has 3 nitrogen and oxygen atoms in total. The van der Waals surface area contributed by atoms with Crippen LogP contribution in [0.15, 0.2) is 22.7 Å². The minimum absolute atomic E-state index is 0.323. The van der Waals surface area contributed by atoms with E-state index in [1.54, 1.807) is 6.07 Å². The maximum absolute atomic E-state index is 13.0. The van der Waals surface area contributed by atoms with E-state index >= 15 is 0 Å². The Labute approximate surface area is 96.0 Å². The number of nitrogens with one attached hydrogen (secondary N) is 1. The van der Waals surface area contributed by atoms with E-state index in [1.807, 2.05) is 6.92 Å². The molecule has 1 rings (SSSR count). The van der Waals surface area contributed by atoms with Gasteiger partial charge in [-0.05, 0) is 40.2 Å². The van der Waals surface area contributed by atoms with Gasteiger partial charge in [-0.15, -0.1) is 0 Å². The van der Waals surface area contributed by atoms with Crippen LogP contribution in [0.1, 0.15) is 18.5 Å². The first-order valence-corrected chi connectivity index (χ1v) is 5.33. The normalized spacial score (nSPS) is 12.5. The molecule has 0 saturated heterocycles. The highest BCUT2D eigenvalue weighted by atomic mass is 79.9. The van der Waals surface area contributed by atoms with Crippen molar-refractivity contribution in [2.24, 2.45) is 5.73 Å². The summed E-state index contributed by atoms with van der Waals surface area (Å²) < 4.78 is 13.3. The second-order valence-corrected chi connectivity index (χ2v) is 3.92. The molecule has 0 radical (unpaired) electrons. The number of carbonyl (C=O) groups excluding carboxylic acids is 1. The third kappa shape index (κ3) is 3.00. The number of hydrogen-bond donors (Lipinski definition) is 2. The van der Waals surface area contributed by atoms with Crippen LogP contribution in [-0.2, 0) is 4.79 Å². The highest BCUT2D eigenvalue weighted by Crippen LogP contribution is 2.21. The monoisotopic (exact) mass is 274 g/mol. The van der Waals surface area contributed by atoms with E-state index in [2.05, 4.69) is 21.2 Å². The smallest absolute Gasteiger partial charge is 0.239 e. The van der Waals surface area contributed by atoms with Crippen molar-refractivity contribution in [1.29, 1.82) is 0 Å². The molecule has 15 heavy (non-hydrogen) atoms. The standard InChI is InChI=1S/C10H12BrFN2O/c1-2-14-9(10(13)15)6-3-4-8(12)7(11)5-6/h3-5,9,14H,2H2,1H3,(H2,13,15). The van der Waals surface area contributed by atoms with Crippen LogP contribution in [0.3, 0.4) is 0 Å². The predicted molar refractivity (Wildman–Crippen MR) is 59.7 cm³/mol. The average Bonchev–Trinajstić information content (AvgIpc) is 2.18. The number of benzene rings is 1. The van der Waals surface area contributed by atoms with Gasteiger partial charge >= 0.3 is 0 Å². The number of halogens is 2. The lowest BCUT2D eigenvalue weighted by molar-refractivity contribution is -0.120. The van der Waals surface area contributed by atoms with Gasteiger partial charge in [0.05, 0.1) is 4.47 Å². The molecule has 1 unspecified atom stereocenters. The van der Waals surface area contributed by atoms with Crippen LogP contribution < -0.4 is 11.1 Å². The SMILES string of the molecule is CCNC(C(N)=O)c1ccc(F)c(Br)c1. The summed E-state index contributed by atoms with van der Waals surface area (Å²) in [6.45, 7) is 2.48. The molecule has 1 amide bonds. The lowest BCUT2D eigenvalue weighted by Crippen LogP contribution is -2.33. The van der Waals surface area contributed by atoms with E-state index in [1.165, 1.54) is 12.1 Å². The molecule has 3 N–H and O–H groups in total. The fourth-order valence-corrected chi connectivity index (χ4v) is 1.68. The molecule has 0 saturated carbocycles. The predicted octanol–water partition coefficient (Wildman–Crippen LogP) is 1.72. The number of rotatable bonds is 4. The quantitative estimate of drug-likeness (QED) is 0.879. The Balaban J connectivity index is 3.01. The topological polar surface area (TPSA) is 55.1 Å². The Morgan fingerprint density at radius 1 is 1.67 bits per heavy atom. The average molecular weight is 275 g/mol. The number of amides is 1. The summed E-state index contributed by atoms with van der Waals surface area (Å²) in [7, 11) is 0. The Morgan fingerprint density at radius 2 is 2.33 bits per heavy atom. The zero-order chi connectivity index (χ0) is 11.4. The van der Waals surface area contributed by atoms with Gasteiger partial charge in [0.1, 0.15) is 11.9 Å². The van der Waals surface area contributed by atoms with E-state index in [0.717, 1.165) is 0 Å². The van der Waals surface area contributed by atoms with Gasteiger partial charge in [-0.2, -0.15) is 0 Å². The van der Waals surface area contributed by atoms with Crippen LogP contribution in [0.25, 0.3) is 0 Å². The number of primary amides is 1. The highest BCUT2D eigenvalue weighted by molar-refractivity contribution is 9.10. The van der Waals surface area contributed by atoms with Crippen LogP contribution in [0.4, 0.5) is 4.39 Å². The molecule has 82 valence electrons. The summed E-state index contributed by atoms with van der Waals surface area (Å²) in [6.07, 6.45) is 0. The first-order chi connectivity index (χ1) is 7.06. The number of carbonyl (C=O) groups is 1. The molecule has 0 spiro atoms. The Kier molecular flexibility index (Phi) is 4.23. The second-order valence-electron chi connectivity index (χ2n) is 3.07. The highest BCUT2D eigenvalue weighted by Gasteiger charge is 2.17. The minimum Gasteiger partial charge on any atom is -0.368 e. The molecule has 0 heterocycles. The first-order valence-electron chi connectivity index (χ1n) is 4.54. The molecule has 5 heteroatoms. The minimum atomic E-state index is -0.577. The summed E-state index contributed by atoms with van der Waals surface area (Å²) >= 11 is 3.06. The van der Waals surface area contributed by atoms with E-state index in [-0.39, 0.29) is 5.82 Å². The van der Waals surface area contributed by atoms with Gasteiger partial charge in [-0.25, -0.2) is 4.39 Å². The van der Waals surface area contributed by atoms with Crippen molar-refractivity contribution in [3.63, 3.8) is 0 Å². The summed E-state index contributed by atoms with van der Waals surface area (Å²) in [5.74, 6) is -0.839. The lowest BCUT2D eigenvalue weighted by atomic mass is 10.1. The summed E-state index contributed by atoms with van der Waals surface area (Å²) in [5, 5.41) is 2.93. The van der Waals surface area contributed by atoms with Crippen molar-refractivity contribution in [3.8, 4) is 0 Å². The number of nitrogens with two attached hydrogens (primary N) is 1. The second kappa shape index (κ2) is 5.23. The first kappa shape index (κ1) is 12.1. The Hall–Kier alpha value is -0.940. The molecule has 1 aromatic carbocycles. The fraction of sp³-hybridized carbons (Fsp3) is 0.300. The van der Waals surface area contributed by atoms with Crippen LogP contribution in [0.2, 0.25) is 0 Å². The zero-order valence-electron chi connectivity index (χ0n) is 8.26. The van der Waals surface area contributed by atoms with Crippen molar-refractivity contribution in [2.45, 2.75) is 13.0 Å². The maximum atomic E-state index is 13.0. The summed E-state index contributed by atoms with van der Waals surface area (Å²) in [6, 6.07) is 3.81. The molecule has 0 aromatic heterocycles. The molecule has 0 aliphatic heterocycles. The van der Waals surface area contributed by atoms with Crippen LogP contribution in [-0.4, -0.2) is 12.5 Å². The third-order valence-corrected chi connectivity index (χ3v) is 2.58. The molecular weight excluding hydrogens is 263 g/mol. The van der Waals surface area contributed by atoms with Gasteiger partial charge in [0.15, 0.2) is 0 Å². The molecular formula is C10H12BrFN2O. The van der Waals surface area contributed by atoms with Gasteiger partial charge < -0.3 is 11.1 Å². The van der Waals surface area contributed by atoms with Gasteiger partial charge in [-0.3, -0.25) is 4.79 Å². The fourth-order valence-electron chi connectivity index (χ4n) is 1.28. The van der Waals surface area contributed by atoms with Crippen molar-refractivity contribution in [1.82, 2.24) is 5.32 Å². The van der Waals surface area contributed by atoms with E-state index in [4.69, 9.17) is 5.73 Å². The Bertz CT molecular complexity index is 370. The van der Waals surface area contributed by atoms with E-state index < -0.39 is 11.9 Å². The zero-order valence-corrected chi connectivity index (χ0v) is 9.84. The van der Waals surface area contributed by atoms with Crippen molar-refractivity contribution in [3.05, 3.63) is 34.1 Å². The van der Waals surface area contributed by atoms with Crippen molar-refractivity contribution < 1.29 is 9.18 Å². The maximum Gasteiger partial charge on any atom is 0.239 e. The molecule has 1 aromatic rings. The summed E-state index contributed by atoms with van der Waals surface area (Å²) in [5.41, 5.74) is 5.88. The number of hydrogen-bond acceptors (Lipinski definition) is 2. The summed E-state index contributed by atoms with van der Waals surface area (Å²) in [4.78, 5) is 11.1. The van der Waals surface area contributed by atoms with Gasteiger partial charge in [0, 0.05) is 0 Å². The van der Waals surface area contributed by atoms with E-state index in [0.29, 0.717) is 16.6 Å². The molecule has 0 fully saturated rings. The largest absolute Gasteiger partial charge is 0.368 e. The molecule has 0 bridgehead atoms. The van der Waals surface area contributed by atoms with E-state index in [9.17, 15) is 9.18 Å². The molecule has 0 aliphatic carbocycles. The van der Waals surface area contributed by atoms with Crippen LogP contribution in [0.5, 0.6) is 0 Å². The Morgan fingerprint density at radius 3 is 2.80 bits per heavy atom.